The van der Waals surface area contributed by atoms with Crippen molar-refractivity contribution in [1.82, 2.24) is 4.98 Å². The van der Waals surface area contributed by atoms with Crippen molar-refractivity contribution in [3.05, 3.63) is 65.3 Å². The zero-order chi connectivity index (χ0) is 15.2. The summed E-state index contributed by atoms with van der Waals surface area (Å²) in [6.07, 6.45) is 3.69. The lowest BCUT2D eigenvalue weighted by Gasteiger charge is -2.15. The molecule has 1 fully saturated rings. The number of fused-ring (bicyclic) bond motifs is 1. The fourth-order valence-corrected chi connectivity index (χ4v) is 3.20. The van der Waals surface area contributed by atoms with Gasteiger partial charge in [-0.1, -0.05) is 41.9 Å². The van der Waals surface area contributed by atoms with Gasteiger partial charge in [0.2, 0.25) is 5.91 Å². The Bertz CT molecular complexity index is 864. The maximum absolute atomic E-state index is 12.8. The van der Waals surface area contributed by atoms with Gasteiger partial charge in [-0.05, 0) is 36.6 Å². The number of carbonyl (C=O) groups excluding carboxylic acids is 1. The number of nitrogens with one attached hydrogen (secondary N) is 2. The number of hydrogen-bond donors (Lipinski definition) is 2. The molecule has 0 atom stereocenters. The highest BCUT2D eigenvalue weighted by Crippen LogP contribution is 2.51. The van der Waals surface area contributed by atoms with Crippen LogP contribution in [0.5, 0.6) is 0 Å². The molecule has 2 aromatic carbocycles. The lowest BCUT2D eigenvalue weighted by atomic mass is 9.94. The van der Waals surface area contributed by atoms with Crippen molar-refractivity contribution < 1.29 is 4.79 Å². The number of rotatable bonds is 3. The van der Waals surface area contributed by atoms with Crippen LogP contribution in [0, 0.1) is 0 Å². The fraction of sp³-hybridized carbons (Fsp3) is 0.167. The van der Waals surface area contributed by atoms with Gasteiger partial charge in [0, 0.05) is 17.1 Å². The Morgan fingerprint density at radius 1 is 1.09 bits per heavy atom. The van der Waals surface area contributed by atoms with Gasteiger partial charge in [-0.15, -0.1) is 0 Å². The van der Waals surface area contributed by atoms with Crippen LogP contribution < -0.4 is 5.32 Å². The minimum absolute atomic E-state index is 0.0188. The summed E-state index contributed by atoms with van der Waals surface area (Å²) in [5.41, 5.74) is 2.38. The second-order valence-corrected chi connectivity index (χ2v) is 6.17. The van der Waals surface area contributed by atoms with Gasteiger partial charge in [0.25, 0.3) is 0 Å². The fourth-order valence-electron chi connectivity index (χ4n) is 3.02. The molecule has 1 heterocycles. The molecular weight excluding hydrogens is 296 g/mol. The Morgan fingerprint density at radius 3 is 2.59 bits per heavy atom. The number of carbonyl (C=O) groups is 1. The maximum Gasteiger partial charge on any atom is 0.235 e. The van der Waals surface area contributed by atoms with Gasteiger partial charge in [0.1, 0.15) is 0 Å². The quantitative estimate of drug-likeness (QED) is 0.735. The second-order valence-electron chi connectivity index (χ2n) is 5.76. The molecule has 1 aliphatic rings. The van der Waals surface area contributed by atoms with E-state index < -0.39 is 5.41 Å². The Labute approximate surface area is 133 Å². The van der Waals surface area contributed by atoms with E-state index in [2.05, 4.69) is 16.4 Å². The van der Waals surface area contributed by atoms with Gasteiger partial charge < -0.3 is 10.3 Å². The van der Waals surface area contributed by atoms with Gasteiger partial charge >= 0.3 is 0 Å². The van der Waals surface area contributed by atoms with Crippen LogP contribution in [0.2, 0.25) is 5.02 Å². The monoisotopic (exact) mass is 310 g/mol. The van der Waals surface area contributed by atoms with Crippen LogP contribution in [-0.2, 0) is 10.2 Å². The van der Waals surface area contributed by atoms with Crippen LogP contribution in [0.15, 0.2) is 54.7 Å². The van der Waals surface area contributed by atoms with Gasteiger partial charge in [-0.25, -0.2) is 0 Å². The number of benzene rings is 2. The van der Waals surface area contributed by atoms with E-state index in [9.17, 15) is 4.79 Å². The Morgan fingerprint density at radius 2 is 1.82 bits per heavy atom. The summed E-state index contributed by atoms with van der Waals surface area (Å²) in [6.45, 7) is 0. The first-order valence-electron chi connectivity index (χ1n) is 7.33. The molecule has 22 heavy (non-hydrogen) atoms. The Balaban J connectivity index is 1.69. The van der Waals surface area contributed by atoms with Gasteiger partial charge in [-0.2, -0.15) is 0 Å². The average Bonchev–Trinajstić information content (AvgIpc) is 3.23. The summed E-state index contributed by atoms with van der Waals surface area (Å²) in [5, 5.41) is 4.66. The molecule has 3 aromatic rings. The number of amides is 1. The van der Waals surface area contributed by atoms with E-state index in [0.717, 1.165) is 29.3 Å². The molecule has 0 radical (unpaired) electrons. The molecular formula is C18H15ClN2O. The van der Waals surface area contributed by atoms with Crippen LogP contribution in [0.1, 0.15) is 18.4 Å². The molecule has 1 saturated carbocycles. The summed E-state index contributed by atoms with van der Waals surface area (Å²) in [4.78, 5) is 16.1. The summed E-state index contributed by atoms with van der Waals surface area (Å²) in [7, 11) is 0. The number of aromatic amines is 1. The third-order valence-electron chi connectivity index (χ3n) is 4.41. The van der Waals surface area contributed by atoms with Crippen molar-refractivity contribution in [1.29, 1.82) is 0 Å². The van der Waals surface area contributed by atoms with Crippen LogP contribution in [-0.4, -0.2) is 10.9 Å². The topological polar surface area (TPSA) is 44.9 Å². The van der Waals surface area contributed by atoms with Gasteiger partial charge in [-0.3, -0.25) is 4.79 Å². The summed E-state index contributed by atoms with van der Waals surface area (Å²) >= 11 is 6.14. The lowest BCUT2D eigenvalue weighted by molar-refractivity contribution is -0.118. The number of anilines is 1. The van der Waals surface area contributed by atoms with Crippen molar-refractivity contribution >= 4 is 34.1 Å². The first-order chi connectivity index (χ1) is 10.7. The van der Waals surface area contributed by atoms with E-state index in [4.69, 9.17) is 11.6 Å². The third kappa shape index (κ3) is 2.01. The maximum atomic E-state index is 12.8. The molecule has 0 spiro atoms. The number of hydrogen-bond acceptors (Lipinski definition) is 1. The molecule has 0 aliphatic heterocycles. The van der Waals surface area contributed by atoms with Gasteiger partial charge in [0.15, 0.2) is 0 Å². The predicted octanol–water partition coefficient (Wildman–Crippen LogP) is 4.49. The molecule has 110 valence electrons. The van der Waals surface area contributed by atoms with Gasteiger partial charge in [0.05, 0.1) is 16.1 Å². The Kier molecular flexibility index (Phi) is 2.98. The predicted molar refractivity (Wildman–Crippen MR) is 89.3 cm³/mol. The normalized spacial score (nSPS) is 15.7. The molecule has 4 rings (SSSR count). The molecule has 1 aromatic heterocycles. The van der Waals surface area contributed by atoms with Crippen LogP contribution in [0.3, 0.4) is 0 Å². The van der Waals surface area contributed by atoms with Crippen molar-refractivity contribution in [2.24, 2.45) is 0 Å². The molecule has 0 bridgehead atoms. The zero-order valence-corrected chi connectivity index (χ0v) is 12.7. The summed E-state index contributed by atoms with van der Waals surface area (Å²) in [5.74, 6) is 0.0188. The van der Waals surface area contributed by atoms with E-state index in [0.29, 0.717) is 10.7 Å². The van der Waals surface area contributed by atoms with E-state index in [1.54, 1.807) is 6.07 Å². The highest BCUT2D eigenvalue weighted by Gasteiger charge is 2.52. The molecule has 4 heteroatoms. The highest BCUT2D eigenvalue weighted by molar-refractivity contribution is 6.33. The van der Waals surface area contributed by atoms with Crippen molar-refractivity contribution in [3.63, 3.8) is 0 Å². The van der Waals surface area contributed by atoms with E-state index in [1.165, 1.54) is 0 Å². The van der Waals surface area contributed by atoms with Crippen molar-refractivity contribution in [2.45, 2.75) is 18.3 Å². The average molecular weight is 311 g/mol. The highest BCUT2D eigenvalue weighted by atomic mass is 35.5. The number of para-hydroxylation sites is 2. The number of halogens is 1. The SMILES string of the molecule is O=C(Nc1ccccc1Cl)C1(c2c[nH]c3ccccc23)CC1. The summed E-state index contributed by atoms with van der Waals surface area (Å²) < 4.78 is 0. The number of H-pyrrole nitrogens is 1. The third-order valence-corrected chi connectivity index (χ3v) is 4.74. The molecule has 2 N–H and O–H groups in total. The lowest BCUT2D eigenvalue weighted by Crippen LogP contribution is -2.27. The first kappa shape index (κ1) is 13.4. The minimum Gasteiger partial charge on any atom is -0.361 e. The zero-order valence-electron chi connectivity index (χ0n) is 11.9. The minimum atomic E-state index is -0.432. The van der Waals surface area contributed by atoms with Crippen molar-refractivity contribution in [2.75, 3.05) is 5.32 Å². The number of aromatic nitrogens is 1. The smallest absolute Gasteiger partial charge is 0.235 e. The molecule has 0 saturated heterocycles. The molecule has 3 nitrogen and oxygen atoms in total. The van der Waals surface area contributed by atoms with Crippen LogP contribution >= 0.6 is 11.6 Å². The standard InChI is InChI=1S/C18H15ClN2O/c19-14-6-2-4-8-16(14)21-17(22)18(9-10-18)13-11-20-15-7-3-1-5-12(13)15/h1-8,11,20H,9-10H2,(H,21,22). The molecule has 1 aliphatic carbocycles. The van der Waals surface area contributed by atoms with E-state index in [-0.39, 0.29) is 5.91 Å². The van der Waals surface area contributed by atoms with E-state index >= 15 is 0 Å². The summed E-state index contributed by atoms with van der Waals surface area (Å²) in [6, 6.07) is 15.4. The largest absolute Gasteiger partial charge is 0.361 e. The molecule has 0 unspecified atom stereocenters. The Hall–Kier alpha value is -2.26. The molecule has 1 amide bonds. The first-order valence-corrected chi connectivity index (χ1v) is 7.71. The van der Waals surface area contributed by atoms with Crippen LogP contribution in [0.4, 0.5) is 5.69 Å². The van der Waals surface area contributed by atoms with E-state index in [1.807, 2.05) is 42.6 Å². The van der Waals surface area contributed by atoms with Crippen LogP contribution in [0.25, 0.3) is 10.9 Å². The van der Waals surface area contributed by atoms with Crippen molar-refractivity contribution in [3.8, 4) is 0 Å². The second kappa shape index (κ2) is 4.89.